The predicted molar refractivity (Wildman–Crippen MR) is 124 cm³/mol. The Morgan fingerprint density at radius 3 is 2.39 bits per heavy atom. The zero-order valence-corrected chi connectivity index (χ0v) is 18.4. The maximum absolute atomic E-state index is 12.9. The van der Waals surface area contributed by atoms with Crippen LogP contribution in [-0.4, -0.2) is 68.1 Å². The van der Waals surface area contributed by atoms with Gasteiger partial charge < -0.3 is 14.5 Å². The number of carbonyl (C=O) groups is 1. The van der Waals surface area contributed by atoms with E-state index >= 15 is 0 Å². The second-order valence-corrected chi connectivity index (χ2v) is 7.99. The van der Waals surface area contributed by atoms with Crippen molar-refractivity contribution in [2.75, 3.05) is 31.1 Å². The number of hydrogen-bond acceptors (Lipinski definition) is 7. The van der Waals surface area contributed by atoms with E-state index in [1.807, 2.05) is 65.6 Å². The van der Waals surface area contributed by atoms with Crippen molar-refractivity contribution in [1.29, 1.82) is 0 Å². The Hall–Kier alpha value is -4.01. The van der Waals surface area contributed by atoms with Gasteiger partial charge in [0.2, 0.25) is 0 Å². The minimum Gasteiger partial charge on any atom is -0.481 e. The van der Waals surface area contributed by atoms with Crippen molar-refractivity contribution < 1.29 is 9.53 Å². The van der Waals surface area contributed by atoms with Crippen LogP contribution >= 0.6 is 0 Å². The zero-order chi connectivity index (χ0) is 22.6. The maximum Gasteiger partial charge on any atom is 0.263 e. The average molecular weight is 444 g/mol. The minimum absolute atomic E-state index is 0.0138. The van der Waals surface area contributed by atoms with Crippen LogP contribution in [0.1, 0.15) is 12.5 Å². The summed E-state index contributed by atoms with van der Waals surface area (Å²) in [5.41, 5.74) is 2.50. The van der Waals surface area contributed by atoms with Crippen molar-refractivity contribution in [3.8, 4) is 5.75 Å². The summed E-state index contributed by atoms with van der Waals surface area (Å²) in [6.07, 6.45) is 1.01. The number of carbonyl (C=O) groups excluding carboxylic acids is 1. The number of benzene rings is 2. The van der Waals surface area contributed by atoms with Crippen LogP contribution in [0.15, 0.2) is 67.0 Å². The van der Waals surface area contributed by atoms with Crippen LogP contribution in [0.2, 0.25) is 0 Å². The number of rotatable bonds is 6. The van der Waals surface area contributed by atoms with Crippen LogP contribution < -0.4 is 9.64 Å². The molecule has 168 valence electrons. The van der Waals surface area contributed by atoms with Gasteiger partial charge in [-0.1, -0.05) is 53.7 Å². The number of amides is 1. The first kappa shape index (κ1) is 20.9. The monoisotopic (exact) mass is 443 g/mol. The summed E-state index contributed by atoms with van der Waals surface area (Å²) in [4.78, 5) is 25.7. The molecule has 0 radical (unpaired) electrons. The van der Waals surface area contributed by atoms with Gasteiger partial charge in [0.1, 0.15) is 12.1 Å². The molecule has 0 saturated carbocycles. The van der Waals surface area contributed by atoms with E-state index < -0.39 is 6.10 Å². The number of para-hydroxylation sites is 1. The Morgan fingerprint density at radius 2 is 1.67 bits per heavy atom. The first-order valence-electron chi connectivity index (χ1n) is 11.0. The molecule has 0 spiro atoms. The molecule has 0 N–H and O–H groups in total. The van der Waals surface area contributed by atoms with Crippen molar-refractivity contribution in [2.24, 2.45) is 0 Å². The summed E-state index contributed by atoms with van der Waals surface area (Å²) >= 11 is 0. The standard InChI is InChI=1S/C24H25N7O2/c1-18(33-20-10-6-3-7-11-20)24(32)30-14-12-29(13-15-30)22-21-23(26-17-25-22)31(28-27-21)16-19-8-4-2-5-9-19/h2-11,17-18H,12-16H2,1H3/t18-/m0/s1. The van der Waals surface area contributed by atoms with Gasteiger partial charge in [0.15, 0.2) is 23.1 Å². The molecule has 1 aliphatic heterocycles. The third kappa shape index (κ3) is 4.48. The molecule has 0 unspecified atom stereocenters. The highest BCUT2D eigenvalue weighted by molar-refractivity contribution is 5.83. The first-order valence-corrected chi connectivity index (χ1v) is 11.0. The smallest absolute Gasteiger partial charge is 0.263 e. The second-order valence-electron chi connectivity index (χ2n) is 7.99. The van der Waals surface area contributed by atoms with E-state index in [4.69, 9.17) is 4.74 Å². The lowest BCUT2D eigenvalue weighted by atomic mass is 10.2. The SMILES string of the molecule is C[C@H](Oc1ccccc1)C(=O)N1CCN(c2ncnc3c2nnn3Cc2ccccc2)CC1. The second kappa shape index (κ2) is 9.23. The normalized spacial score (nSPS) is 14.9. The predicted octanol–water partition coefficient (Wildman–Crippen LogP) is 2.39. The van der Waals surface area contributed by atoms with Gasteiger partial charge in [-0.25, -0.2) is 14.6 Å². The van der Waals surface area contributed by atoms with Crippen molar-refractivity contribution in [1.82, 2.24) is 29.9 Å². The number of hydrogen-bond donors (Lipinski definition) is 0. The van der Waals surface area contributed by atoms with Crippen LogP contribution in [0.4, 0.5) is 5.82 Å². The maximum atomic E-state index is 12.9. The van der Waals surface area contributed by atoms with Crippen LogP contribution in [0.5, 0.6) is 5.75 Å². The van der Waals surface area contributed by atoms with Gasteiger partial charge in [-0.15, -0.1) is 5.10 Å². The number of nitrogens with zero attached hydrogens (tertiary/aromatic N) is 7. The Bertz CT molecular complexity index is 1220. The largest absolute Gasteiger partial charge is 0.481 e. The average Bonchev–Trinajstić information content (AvgIpc) is 3.28. The molecule has 1 aliphatic rings. The topological polar surface area (TPSA) is 89.3 Å². The summed E-state index contributed by atoms with van der Waals surface area (Å²) in [5, 5.41) is 8.67. The molecule has 1 fully saturated rings. The molecule has 2 aromatic carbocycles. The Morgan fingerprint density at radius 1 is 0.970 bits per heavy atom. The molecule has 1 amide bonds. The fourth-order valence-electron chi connectivity index (χ4n) is 4.02. The Kier molecular flexibility index (Phi) is 5.84. The molecule has 0 bridgehead atoms. The van der Waals surface area contributed by atoms with Crippen LogP contribution in [0, 0.1) is 0 Å². The quantitative estimate of drug-likeness (QED) is 0.452. The van der Waals surface area contributed by atoms with Crippen molar-refractivity contribution in [3.63, 3.8) is 0 Å². The summed E-state index contributed by atoms with van der Waals surface area (Å²) < 4.78 is 7.59. The molecule has 1 atom stereocenters. The van der Waals surface area contributed by atoms with E-state index in [1.54, 1.807) is 17.9 Å². The van der Waals surface area contributed by atoms with Gasteiger partial charge in [-0.3, -0.25) is 4.79 Å². The van der Waals surface area contributed by atoms with Gasteiger partial charge in [-0.2, -0.15) is 0 Å². The Labute approximate surface area is 191 Å². The molecule has 1 saturated heterocycles. The highest BCUT2D eigenvalue weighted by Crippen LogP contribution is 2.23. The highest BCUT2D eigenvalue weighted by Gasteiger charge is 2.28. The van der Waals surface area contributed by atoms with E-state index in [1.165, 1.54) is 0 Å². The van der Waals surface area contributed by atoms with Crippen LogP contribution in [0.3, 0.4) is 0 Å². The van der Waals surface area contributed by atoms with E-state index in [-0.39, 0.29) is 5.91 Å². The number of aromatic nitrogens is 5. The van der Waals surface area contributed by atoms with Crippen LogP contribution in [-0.2, 0) is 11.3 Å². The number of ether oxygens (including phenoxy) is 1. The van der Waals surface area contributed by atoms with Gasteiger partial charge in [0.05, 0.1) is 6.54 Å². The number of anilines is 1. The molecule has 5 rings (SSSR count). The van der Waals surface area contributed by atoms with E-state index in [9.17, 15) is 4.79 Å². The lowest BCUT2D eigenvalue weighted by Crippen LogP contribution is -2.52. The summed E-state index contributed by atoms with van der Waals surface area (Å²) in [5.74, 6) is 1.43. The fraction of sp³-hybridized carbons (Fsp3) is 0.292. The van der Waals surface area contributed by atoms with Crippen molar-refractivity contribution in [2.45, 2.75) is 19.6 Å². The number of piperazine rings is 1. The van der Waals surface area contributed by atoms with E-state index in [0.717, 1.165) is 11.4 Å². The molecular formula is C24H25N7O2. The highest BCUT2D eigenvalue weighted by atomic mass is 16.5. The minimum atomic E-state index is -0.539. The lowest BCUT2D eigenvalue weighted by molar-refractivity contribution is -0.138. The molecule has 4 aromatic rings. The number of fused-ring (bicyclic) bond motifs is 1. The van der Waals surface area contributed by atoms with Gasteiger partial charge in [0.25, 0.3) is 5.91 Å². The summed E-state index contributed by atoms with van der Waals surface area (Å²) in [6.45, 7) is 4.87. The van der Waals surface area contributed by atoms with E-state index in [2.05, 4.69) is 25.2 Å². The van der Waals surface area contributed by atoms with Crippen molar-refractivity contribution >= 4 is 22.9 Å². The van der Waals surface area contributed by atoms with Gasteiger partial charge >= 0.3 is 0 Å². The summed E-state index contributed by atoms with van der Waals surface area (Å²) in [7, 11) is 0. The fourth-order valence-corrected chi connectivity index (χ4v) is 4.02. The van der Waals surface area contributed by atoms with Crippen LogP contribution in [0.25, 0.3) is 11.2 Å². The molecular weight excluding hydrogens is 418 g/mol. The van der Waals surface area contributed by atoms with Crippen molar-refractivity contribution in [3.05, 3.63) is 72.6 Å². The first-order chi connectivity index (χ1) is 16.2. The molecule has 2 aromatic heterocycles. The third-order valence-corrected chi connectivity index (χ3v) is 5.75. The summed E-state index contributed by atoms with van der Waals surface area (Å²) in [6, 6.07) is 19.5. The molecule has 33 heavy (non-hydrogen) atoms. The van der Waals surface area contributed by atoms with Gasteiger partial charge in [0, 0.05) is 26.2 Å². The molecule has 9 heteroatoms. The van der Waals surface area contributed by atoms with Gasteiger partial charge in [-0.05, 0) is 24.6 Å². The molecule has 0 aliphatic carbocycles. The molecule has 9 nitrogen and oxygen atoms in total. The third-order valence-electron chi connectivity index (χ3n) is 5.75. The zero-order valence-electron chi connectivity index (χ0n) is 18.4. The molecule has 3 heterocycles. The van der Waals surface area contributed by atoms with E-state index in [0.29, 0.717) is 49.6 Å². The lowest BCUT2D eigenvalue weighted by Gasteiger charge is -2.36. The Balaban J connectivity index is 1.25.